The minimum atomic E-state index is -0.207. The minimum Gasteiger partial charge on any atom is -0.352 e. The molecule has 1 unspecified atom stereocenters. The van der Waals surface area contributed by atoms with E-state index in [1.807, 2.05) is 30.3 Å². The number of nitrogens with one attached hydrogen (secondary N) is 1. The van der Waals surface area contributed by atoms with Crippen molar-refractivity contribution >= 4 is 18.3 Å². The molecule has 3 N–H and O–H groups in total. The average molecular weight is 295 g/mol. The molecule has 0 aromatic heterocycles. The molecule has 4 heteroatoms. The number of hydrogen-bond donors (Lipinski definition) is 2. The van der Waals surface area contributed by atoms with E-state index in [1.165, 1.54) is 25.7 Å². The van der Waals surface area contributed by atoms with Crippen LogP contribution in [0.15, 0.2) is 30.3 Å². The van der Waals surface area contributed by atoms with Gasteiger partial charge in [-0.2, -0.15) is 0 Å². The molecular weight excluding hydrogens is 272 g/mol. The van der Waals surface area contributed by atoms with Crippen LogP contribution in [0, 0.1) is 11.8 Å². The number of carbonyl (C=O) groups excluding carboxylic acids is 1. The monoisotopic (exact) mass is 294 g/mol. The van der Waals surface area contributed by atoms with Crippen LogP contribution in [-0.4, -0.2) is 18.5 Å². The van der Waals surface area contributed by atoms with Crippen LogP contribution in [0.5, 0.6) is 0 Å². The first kappa shape index (κ1) is 15.3. The molecule has 1 aromatic carbocycles. The SMILES string of the molecule is Cl.NCC(C(=O)NC(C1CC1)C1CC1)c1ccccc1. The molecular formula is C16H23ClN2O. The molecule has 0 radical (unpaired) electrons. The molecule has 0 aliphatic heterocycles. The average Bonchev–Trinajstić information content (AvgIpc) is 3.30. The van der Waals surface area contributed by atoms with Gasteiger partial charge < -0.3 is 11.1 Å². The van der Waals surface area contributed by atoms with Gasteiger partial charge in [0.25, 0.3) is 0 Å². The maximum absolute atomic E-state index is 12.5. The number of halogens is 1. The third kappa shape index (κ3) is 3.53. The molecule has 2 saturated carbocycles. The Morgan fingerprint density at radius 2 is 1.70 bits per heavy atom. The first-order valence-corrected chi connectivity index (χ1v) is 7.35. The molecule has 20 heavy (non-hydrogen) atoms. The zero-order valence-corrected chi connectivity index (χ0v) is 12.4. The molecule has 0 spiro atoms. The molecule has 1 atom stereocenters. The highest BCUT2D eigenvalue weighted by Crippen LogP contribution is 2.44. The Balaban J connectivity index is 0.00000147. The molecule has 2 fully saturated rings. The summed E-state index contributed by atoms with van der Waals surface area (Å²) >= 11 is 0. The van der Waals surface area contributed by atoms with Crippen LogP contribution in [0.2, 0.25) is 0 Å². The predicted molar refractivity (Wildman–Crippen MR) is 82.9 cm³/mol. The highest BCUT2D eigenvalue weighted by Gasteiger charge is 2.42. The van der Waals surface area contributed by atoms with Gasteiger partial charge in [0.05, 0.1) is 5.92 Å². The number of rotatable bonds is 6. The zero-order chi connectivity index (χ0) is 13.2. The van der Waals surface area contributed by atoms with Gasteiger partial charge in [0.2, 0.25) is 5.91 Å². The van der Waals surface area contributed by atoms with Crippen molar-refractivity contribution in [1.82, 2.24) is 5.32 Å². The summed E-state index contributed by atoms with van der Waals surface area (Å²) in [5, 5.41) is 3.27. The molecule has 0 heterocycles. The van der Waals surface area contributed by atoms with E-state index in [1.54, 1.807) is 0 Å². The van der Waals surface area contributed by atoms with E-state index in [9.17, 15) is 4.79 Å². The van der Waals surface area contributed by atoms with Gasteiger partial charge in [-0.1, -0.05) is 30.3 Å². The maximum atomic E-state index is 12.5. The van der Waals surface area contributed by atoms with Crippen LogP contribution < -0.4 is 11.1 Å². The lowest BCUT2D eigenvalue weighted by Crippen LogP contribution is -2.42. The Kier molecular flexibility index (Phi) is 5.06. The summed E-state index contributed by atoms with van der Waals surface area (Å²) in [5.41, 5.74) is 6.83. The third-order valence-electron chi connectivity index (χ3n) is 4.32. The zero-order valence-electron chi connectivity index (χ0n) is 11.6. The van der Waals surface area contributed by atoms with Crippen LogP contribution >= 0.6 is 12.4 Å². The van der Waals surface area contributed by atoms with E-state index in [0.717, 1.165) is 17.4 Å². The number of benzene rings is 1. The van der Waals surface area contributed by atoms with Crippen molar-refractivity contribution in [2.24, 2.45) is 17.6 Å². The van der Waals surface area contributed by atoms with Gasteiger partial charge in [0.15, 0.2) is 0 Å². The molecule has 2 aliphatic carbocycles. The standard InChI is InChI=1S/C16H22N2O.ClH/c17-10-14(11-4-2-1-3-5-11)16(19)18-15(12-6-7-12)13-8-9-13;/h1-5,12-15H,6-10,17H2,(H,18,19);1H. The summed E-state index contributed by atoms with van der Waals surface area (Å²) in [6.07, 6.45) is 5.11. The van der Waals surface area contributed by atoms with Crippen LogP contribution in [-0.2, 0) is 4.79 Å². The number of nitrogens with two attached hydrogens (primary N) is 1. The molecule has 2 aliphatic rings. The number of carbonyl (C=O) groups is 1. The largest absolute Gasteiger partial charge is 0.352 e. The highest BCUT2D eigenvalue weighted by molar-refractivity contribution is 5.85. The molecule has 1 amide bonds. The second kappa shape index (κ2) is 6.59. The van der Waals surface area contributed by atoms with E-state index in [0.29, 0.717) is 12.6 Å². The summed E-state index contributed by atoms with van der Waals surface area (Å²) in [5.74, 6) is 1.36. The first-order chi connectivity index (χ1) is 9.29. The normalized spacial score (nSPS) is 19.3. The van der Waals surface area contributed by atoms with Gasteiger partial charge >= 0.3 is 0 Å². The van der Waals surface area contributed by atoms with Gasteiger partial charge in [-0.15, -0.1) is 12.4 Å². The van der Waals surface area contributed by atoms with Crippen molar-refractivity contribution in [1.29, 1.82) is 0 Å². The van der Waals surface area contributed by atoms with E-state index in [2.05, 4.69) is 5.32 Å². The second-order valence-corrected chi connectivity index (χ2v) is 5.91. The fourth-order valence-corrected chi connectivity index (χ4v) is 2.88. The Morgan fingerprint density at radius 1 is 1.15 bits per heavy atom. The van der Waals surface area contributed by atoms with Crippen molar-refractivity contribution in [3.05, 3.63) is 35.9 Å². The summed E-state index contributed by atoms with van der Waals surface area (Å²) in [6.45, 7) is 0.373. The lowest BCUT2D eigenvalue weighted by molar-refractivity contribution is -0.123. The summed E-state index contributed by atoms with van der Waals surface area (Å²) < 4.78 is 0. The minimum absolute atomic E-state index is 0. The van der Waals surface area contributed by atoms with Gasteiger partial charge in [-0.3, -0.25) is 4.79 Å². The van der Waals surface area contributed by atoms with Crippen molar-refractivity contribution in [2.75, 3.05) is 6.54 Å². The van der Waals surface area contributed by atoms with Crippen molar-refractivity contribution in [3.8, 4) is 0 Å². The predicted octanol–water partition coefficient (Wildman–Crippen LogP) is 2.46. The van der Waals surface area contributed by atoms with Gasteiger partial charge in [0, 0.05) is 12.6 Å². The van der Waals surface area contributed by atoms with Gasteiger partial charge in [-0.05, 0) is 43.1 Å². The van der Waals surface area contributed by atoms with E-state index >= 15 is 0 Å². The summed E-state index contributed by atoms with van der Waals surface area (Å²) in [6, 6.07) is 10.3. The Labute approximate surface area is 126 Å². The summed E-state index contributed by atoms with van der Waals surface area (Å²) in [4.78, 5) is 12.5. The van der Waals surface area contributed by atoms with Crippen LogP contribution in [0.25, 0.3) is 0 Å². The molecule has 110 valence electrons. The Hall–Kier alpha value is -1.06. The first-order valence-electron chi connectivity index (χ1n) is 7.35. The molecule has 0 bridgehead atoms. The topological polar surface area (TPSA) is 55.1 Å². The van der Waals surface area contributed by atoms with Crippen molar-refractivity contribution in [2.45, 2.75) is 37.6 Å². The fourth-order valence-electron chi connectivity index (χ4n) is 2.88. The number of hydrogen-bond acceptors (Lipinski definition) is 2. The van der Waals surface area contributed by atoms with Crippen LogP contribution in [0.1, 0.15) is 37.2 Å². The van der Waals surface area contributed by atoms with E-state index in [4.69, 9.17) is 5.73 Å². The van der Waals surface area contributed by atoms with Crippen molar-refractivity contribution in [3.63, 3.8) is 0 Å². The molecule has 3 nitrogen and oxygen atoms in total. The Morgan fingerprint density at radius 3 is 2.15 bits per heavy atom. The third-order valence-corrected chi connectivity index (χ3v) is 4.32. The Bertz CT molecular complexity index is 431. The molecule has 0 saturated heterocycles. The molecule has 1 aromatic rings. The summed E-state index contributed by atoms with van der Waals surface area (Å²) in [7, 11) is 0. The quantitative estimate of drug-likeness (QED) is 0.847. The van der Waals surface area contributed by atoms with Crippen LogP contribution in [0.3, 0.4) is 0 Å². The van der Waals surface area contributed by atoms with Gasteiger partial charge in [-0.25, -0.2) is 0 Å². The fraction of sp³-hybridized carbons (Fsp3) is 0.562. The maximum Gasteiger partial charge on any atom is 0.229 e. The second-order valence-electron chi connectivity index (χ2n) is 5.91. The highest BCUT2D eigenvalue weighted by atomic mass is 35.5. The van der Waals surface area contributed by atoms with Gasteiger partial charge in [0.1, 0.15) is 0 Å². The number of amides is 1. The molecule has 3 rings (SSSR count). The smallest absolute Gasteiger partial charge is 0.229 e. The van der Waals surface area contributed by atoms with E-state index < -0.39 is 0 Å². The van der Waals surface area contributed by atoms with E-state index in [-0.39, 0.29) is 24.2 Å². The lowest BCUT2D eigenvalue weighted by Gasteiger charge is -2.22. The van der Waals surface area contributed by atoms with Crippen molar-refractivity contribution < 1.29 is 4.79 Å². The van der Waals surface area contributed by atoms with Crippen LogP contribution in [0.4, 0.5) is 0 Å². The lowest BCUT2D eigenvalue weighted by atomic mass is 9.97.